The number of benzene rings is 1. The Kier molecular flexibility index (Phi) is 3.38. The first kappa shape index (κ1) is 13.7. The molecule has 1 aliphatic rings. The molecule has 116 valence electrons. The van der Waals surface area contributed by atoms with Crippen molar-refractivity contribution in [2.24, 2.45) is 0 Å². The van der Waals surface area contributed by atoms with Crippen LogP contribution in [0.5, 0.6) is 0 Å². The normalized spacial score (nSPS) is 13.9. The molecule has 7 nitrogen and oxygen atoms in total. The summed E-state index contributed by atoms with van der Waals surface area (Å²) in [5.41, 5.74) is 1.41. The molecule has 1 saturated carbocycles. The summed E-state index contributed by atoms with van der Waals surface area (Å²) < 4.78 is 5.14. The minimum absolute atomic E-state index is 0.190. The zero-order chi connectivity index (χ0) is 15.6. The van der Waals surface area contributed by atoms with Gasteiger partial charge in [0.05, 0.1) is 6.54 Å². The first-order valence-electron chi connectivity index (χ1n) is 7.50. The van der Waals surface area contributed by atoms with Crippen molar-refractivity contribution in [2.45, 2.75) is 25.3 Å². The number of hydrogen-bond donors (Lipinski definition) is 2. The van der Waals surface area contributed by atoms with Gasteiger partial charge in [-0.3, -0.25) is 4.79 Å². The Balaban J connectivity index is 1.43. The summed E-state index contributed by atoms with van der Waals surface area (Å²) in [5.74, 6) is 2.15. The molecule has 7 heteroatoms. The number of aromatic amines is 1. The average Bonchev–Trinajstić information content (AvgIpc) is 3.11. The first-order valence-corrected chi connectivity index (χ1v) is 7.50. The van der Waals surface area contributed by atoms with Crippen molar-refractivity contribution in [3.63, 3.8) is 0 Å². The predicted octanol–water partition coefficient (Wildman–Crippen LogP) is 2.27. The van der Waals surface area contributed by atoms with E-state index in [9.17, 15) is 4.79 Å². The van der Waals surface area contributed by atoms with Crippen LogP contribution in [-0.4, -0.2) is 26.0 Å². The molecule has 3 aromatic rings. The maximum Gasteiger partial charge on any atom is 0.251 e. The smallest absolute Gasteiger partial charge is 0.251 e. The second-order valence-electron chi connectivity index (χ2n) is 5.52. The van der Waals surface area contributed by atoms with Gasteiger partial charge in [-0.25, -0.2) is 4.98 Å². The fraction of sp³-hybridized carbons (Fsp3) is 0.250. The third-order valence-corrected chi connectivity index (χ3v) is 3.72. The summed E-state index contributed by atoms with van der Waals surface area (Å²) in [6.45, 7) is 0.226. The molecule has 0 bridgehead atoms. The van der Waals surface area contributed by atoms with Gasteiger partial charge in [0, 0.05) is 29.4 Å². The van der Waals surface area contributed by atoms with Gasteiger partial charge in [-0.15, -0.1) is 0 Å². The fourth-order valence-corrected chi connectivity index (χ4v) is 2.34. The third-order valence-electron chi connectivity index (χ3n) is 3.72. The summed E-state index contributed by atoms with van der Waals surface area (Å²) in [6.07, 6.45) is 5.65. The van der Waals surface area contributed by atoms with E-state index in [4.69, 9.17) is 4.52 Å². The standard InChI is InChI=1S/C16H15N5O2/c22-16(19-9-13-20-15(21-23-13)10-4-5-10)12-3-1-2-11(8-12)14-17-6-7-18-14/h1-3,6-8,10H,4-5,9H2,(H,17,18)(H,19,22). The van der Waals surface area contributed by atoms with Gasteiger partial charge < -0.3 is 14.8 Å². The number of H-pyrrole nitrogens is 1. The molecule has 2 aromatic heterocycles. The predicted molar refractivity (Wildman–Crippen MR) is 81.5 cm³/mol. The zero-order valence-electron chi connectivity index (χ0n) is 12.3. The highest BCUT2D eigenvalue weighted by Crippen LogP contribution is 2.38. The van der Waals surface area contributed by atoms with Gasteiger partial charge in [0.25, 0.3) is 5.91 Å². The number of nitrogens with zero attached hydrogens (tertiary/aromatic N) is 3. The number of nitrogens with one attached hydrogen (secondary N) is 2. The highest BCUT2D eigenvalue weighted by molar-refractivity contribution is 5.95. The lowest BCUT2D eigenvalue weighted by Crippen LogP contribution is -2.23. The number of hydrogen-bond acceptors (Lipinski definition) is 5. The molecule has 4 rings (SSSR count). The van der Waals surface area contributed by atoms with Crippen molar-refractivity contribution in [3.05, 3.63) is 53.9 Å². The number of carbonyl (C=O) groups is 1. The van der Waals surface area contributed by atoms with Gasteiger partial charge >= 0.3 is 0 Å². The van der Waals surface area contributed by atoms with E-state index in [2.05, 4.69) is 25.4 Å². The lowest BCUT2D eigenvalue weighted by Gasteiger charge is -2.04. The number of carbonyl (C=O) groups excluding carboxylic acids is 1. The quantitative estimate of drug-likeness (QED) is 0.753. The largest absolute Gasteiger partial charge is 0.345 e. The topological polar surface area (TPSA) is 96.7 Å². The maximum atomic E-state index is 12.3. The van der Waals surface area contributed by atoms with Gasteiger partial charge in [-0.2, -0.15) is 4.98 Å². The van der Waals surface area contributed by atoms with Crippen LogP contribution >= 0.6 is 0 Å². The number of aromatic nitrogens is 4. The Morgan fingerprint density at radius 3 is 3.09 bits per heavy atom. The molecule has 2 N–H and O–H groups in total. The van der Waals surface area contributed by atoms with Crippen LogP contribution in [0.25, 0.3) is 11.4 Å². The average molecular weight is 309 g/mol. The molecule has 0 saturated heterocycles. The van der Waals surface area contributed by atoms with Gasteiger partial charge in [0.15, 0.2) is 5.82 Å². The maximum absolute atomic E-state index is 12.3. The molecule has 1 aromatic carbocycles. The van der Waals surface area contributed by atoms with Gasteiger partial charge in [-0.05, 0) is 25.0 Å². The molecule has 1 aliphatic carbocycles. The van der Waals surface area contributed by atoms with E-state index in [0.29, 0.717) is 17.4 Å². The van der Waals surface area contributed by atoms with Crippen molar-refractivity contribution in [2.75, 3.05) is 0 Å². The molecule has 0 aliphatic heterocycles. The zero-order valence-corrected chi connectivity index (χ0v) is 12.3. The molecule has 1 amide bonds. The van der Waals surface area contributed by atoms with Crippen molar-refractivity contribution in [3.8, 4) is 11.4 Å². The SMILES string of the molecule is O=C(NCc1nc(C2CC2)no1)c1cccc(-c2ncc[nH]2)c1. The molecule has 23 heavy (non-hydrogen) atoms. The summed E-state index contributed by atoms with van der Waals surface area (Å²) in [5, 5.41) is 6.72. The van der Waals surface area contributed by atoms with Crippen LogP contribution in [0.4, 0.5) is 0 Å². The molecule has 1 fully saturated rings. The summed E-state index contributed by atoms with van der Waals surface area (Å²) in [6, 6.07) is 7.27. The number of amides is 1. The van der Waals surface area contributed by atoms with Crippen LogP contribution < -0.4 is 5.32 Å². The minimum Gasteiger partial charge on any atom is -0.345 e. The summed E-state index contributed by atoms with van der Waals surface area (Å²) in [4.78, 5) is 23.8. The van der Waals surface area contributed by atoms with Crippen molar-refractivity contribution in [1.82, 2.24) is 25.4 Å². The van der Waals surface area contributed by atoms with Crippen LogP contribution in [0.1, 0.15) is 40.8 Å². The van der Waals surface area contributed by atoms with Crippen LogP contribution in [-0.2, 0) is 6.54 Å². The van der Waals surface area contributed by atoms with E-state index >= 15 is 0 Å². The van der Waals surface area contributed by atoms with E-state index in [1.54, 1.807) is 24.5 Å². The second kappa shape index (κ2) is 5.68. The Morgan fingerprint density at radius 1 is 1.39 bits per heavy atom. The van der Waals surface area contributed by atoms with E-state index in [1.165, 1.54) is 0 Å². The first-order chi connectivity index (χ1) is 11.3. The van der Waals surface area contributed by atoms with Crippen molar-refractivity contribution < 1.29 is 9.32 Å². The monoisotopic (exact) mass is 309 g/mol. The number of imidazole rings is 1. The van der Waals surface area contributed by atoms with E-state index < -0.39 is 0 Å². The highest BCUT2D eigenvalue weighted by atomic mass is 16.5. The van der Waals surface area contributed by atoms with Gasteiger partial charge in [0.2, 0.25) is 5.89 Å². The fourth-order valence-electron chi connectivity index (χ4n) is 2.34. The van der Waals surface area contributed by atoms with Crippen LogP contribution in [0, 0.1) is 0 Å². The number of rotatable bonds is 5. The van der Waals surface area contributed by atoms with E-state index in [-0.39, 0.29) is 12.5 Å². The van der Waals surface area contributed by atoms with Gasteiger partial charge in [-0.1, -0.05) is 17.3 Å². The Labute approximate surface area is 132 Å². The lowest BCUT2D eigenvalue weighted by molar-refractivity contribution is 0.0946. The van der Waals surface area contributed by atoms with Crippen LogP contribution in [0.15, 0.2) is 41.2 Å². The Hall–Kier alpha value is -2.96. The van der Waals surface area contributed by atoms with Gasteiger partial charge in [0.1, 0.15) is 5.82 Å². The molecule has 0 unspecified atom stereocenters. The lowest BCUT2D eigenvalue weighted by atomic mass is 10.1. The molecule has 0 spiro atoms. The molecule has 0 radical (unpaired) electrons. The second-order valence-corrected chi connectivity index (χ2v) is 5.52. The molecule has 2 heterocycles. The molecule has 0 atom stereocenters. The summed E-state index contributed by atoms with van der Waals surface area (Å²) in [7, 11) is 0. The molecular weight excluding hydrogens is 294 g/mol. The van der Waals surface area contributed by atoms with E-state index in [1.807, 2.05) is 12.1 Å². The van der Waals surface area contributed by atoms with E-state index in [0.717, 1.165) is 30.1 Å². The van der Waals surface area contributed by atoms with Crippen LogP contribution in [0.3, 0.4) is 0 Å². The van der Waals surface area contributed by atoms with Crippen LogP contribution in [0.2, 0.25) is 0 Å². The minimum atomic E-state index is -0.190. The molecular formula is C16H15N5O2. The van der Waals surface area contributed by atoms with Crippen molar-refractivity contribution >= 4 is 5.91 Å². The Bertz CT molecular complexity index is 821. The summed E-state index contributed by atoms with van der Waals surface area (Å²) >= 11 is 0. The highest BCUT2D eigenvalue weighted by Gasteiger charge is 2.28. The Morgan fingerprint density at radius 2 is 2.30 bits per heavy atom. The third kappa shape index (κ3) is 2.98. The van der Waals surface area contributed by atoms with Crippen molar-refractivity contribution in [1.29, 1.82) is 0 Å².